The fourth-order valence-corrected chi connectivity index (χ4v) is 5.59. The van der Waals surface area contributed by atoms with Gasteiger partial charge in [0.1, 0.15) is 34.9 Å². The Bertz CT molecular complexity index is 1870. The molecular formula is C33H36N8O3. The molecule has 3 aromatic heterocycles. The van der Waals surface area contributed by atoms with Crippen LogP contribution in [0.15, 0.2) is 67.8 Å². The second-order valence-corrected chi connectivity index (χ2v) is 11.2. The molecule has 1 saturated heterocycles. The summed E-state index contributed by atoms with van der Waals surface area (Å²) in [7, 11) is 1.62. The zero-order valence-corrected chi connectivity index (χ0v) is 25.6. The van der Waals surface area contributed by atoms with Gasteiger partial charge in [0.15, 0.2) is 5.82 Å². The summed E-state index contributed by atoms with van der Waals surface area (Å²) in [6, 6.07) is 14.0. The second kappa shape index (κ2) is 11.8. The van der Waals surface area contributed by atoms with Crippen molar-refractivity contribution < 1.29 is 14.3 Å². The molecule has 1 atom stereocenters. The van der Waals surface area contributed by atoms with Gasteiger partial charge in [-0.25, -0.2) is 19.9 Å². The Morgan fingerprint density at radius 2 is 1.91 bits per heavy atom. The molecule has 0 radical (unpaired) electrons. The molecule has 5 aromatic rings. The number of aromatic nitrogens is 5. The number of hydrogen-bond donors (Lipinski definition) is 1. The van der Waals surface area contributed by atoms with Crippen molar-refractivity contribution in [2.45, 2.75) is 39.8 Å². The molecule has 44 heavy (non-hydrogen) atoms. The van der Waals surface area contributed by atoms with Gasteiger partial charge in [0.05, 0.1) is 35.7 Å². The van der Waals surface area contributed by atoms with Crippen molar-refractivity contribution in [3.05, 3.63) is 73.3 Å². The number of hydrogen-bond acceptors (Lipinski definition) is 9. The van der Waals surface area contributed by atoms with E-state index in [4.69, 9.17) is 14.5 Å². The monoisotopic (exact) mass is 592 g/mol. The molecule has 0 unspecified atom stereocenters. The number of benzene rings is 2. The van der Waals surface area contributed by atoms with Gasteiger partial charge in [-0.15, -0.1) is 0 Å². The van der Waals surface area contributed by atoms with Crippen molar-refractivity contribution in [3.8, 4) is 17.2 Å². The summed E-state index contributed by atoms with van der Waals surface area (Å²) < 4.78 is 14.2. The molecule has 0 spiro atoms. The van der Waals surface area contributed by atoms with Crippen molar-refractivity contribution in [3.63, 3.8) is 0 Å². The topological polar surface area (TPSA) is 111 Å². The summed E-state index contributed by atoms with van der Waals surface area (Å²) in [6.45, 7) is 13.8. The summed E-state index contributed by atoms with van der Waals surface area (Å²) in [4.78, 5) is 34.7. The molecule has 226 valence electrons. The number of anilines is 3. The Labute approximate surface area is 256 Å². The molecule has 0 saturated carbocycles. The largest absolute Gasteiger partial charge is 0.494 e. The molecule has 4 heterocycles. The van der Waals surface area contributed by atoms with Crippen molar-refractivity contribution in [2.24, 2.45) is 0 Å². The maximum atomic E-state index is 12.2. The minimum absolute atomic E-state index is 0.0311. The summed E-state index contributed by atoms with van der Waals surface area (Å²) >= 11 is 0. The first-order chi connectivity index (χ1) is 21.2. The number of nitrogens with one attached hydrogen (secondary N) is 1. The van der Waals surface area contributed by atoms with Crippen LogP contribution in [0.5, 0.6) is 17.2 Å². The number of carbonyl (C=O) groups is 1. The van der Waals surface area contributed by atoms with Gasteiger partial charge < -0.3 is 29.2 Å². The highest BCUT2D eigenvalue weighted by Crippen LogP contribution is 2.38. The fourth-order valence-electron chi connectivity index (χ4n) is 5.59. The third-order valence-electron chi connectivity index (χ3n) is 7.96. The number of aryl methyl sites for hydroxylation is 1. The van der Waals surface area contributed by atoms with Gasteiger partial charge >= 0.3 is 0 Å². The van der Waals surface area contributed by atoms with Crippen LogP contribution in [0.25, 0.3) is 22.1 Å². The van der Waals surface area contributed by atoms with Crippen LogP contribution in [0, 0.1) is 6.92 Å². The number of piperazine rings is 1. The molecular weight excluding hydrogens is 556 g/mol. The second-order valence-electron chi connectivity index (χ2n) is 11.2. The Morgan fingerprint density at radius 3 is 2.66 bits per heavy atom. The van der Waals surface area contributed by atoms with Gasteiger partial charge in [0.2, 0.25) is 5.91 Å². The van der Waals surface area contributed by atoms with Gasteiger partial charge in [0.25, 0.3) is 0 Å². The third kappa shape index (κ3) is 5.48. The molecule has 11 nitrogen and oxygen atoms in total. The number of carbonyl (C=O) groups excluding carboxylic acids is 1. The van der Waals surface area contributed by atoms with Crippen LogP contribution in [-0.2, 0) is 4.79 Å². The van der Waals surface area contributed by atoms with Gasteiger partial charge in [-0.1, -0.05) is 6.58 Å². The number of imidazole rings is 1. The number of nitrogens with zero attached hydrogens (tertiary/aromatic N) is 7. The zero-order chi connectivity index (χ0) is 31.0. The molecule has 1 fully saturated rings. The van der Waals surface area contributed by atoms with E-state index < -0.39 is 0 Å². The van der Waals surface area contributed by atoms with Crippen LogP contribution in [0.4, 0.5) is 17.3 Å². The lowest BCUT2D eigenvalue weighted by Crippen LogP contribution is -2.53. The Morgan fingerprint density at radius 1 is 1.07 bits per heavy atom. The molecule has 1 aliphatic rings. The average Bonchev–Trinajstić information content (AvgIpc) is 3.45. The van der Waals surface area contributed by atoms with E-state index >= 15 is 0 Å². The van der Waals surface area contributed by atoms with Gasteiger partial charge in [-0.3, -0.25) is 4.79 Å². The van der Waals surface area contributed by atoms with E-state index in [0.29, 0.717) is 59.8 Å². The molecule has 1 aliphatic heterocycles. The number of methoxy groups -OCH3 is 1. The number of amides is 1. The Kier molecular flexibility index (Phi) is 7.77. The first-order valence-corrected chi connectivity index (χ1v) is 14.7. The predicted octanol–water partition coefficient (Wildman–Crippen LogP) is 6.03. The Balaban J connectivity index is 1.26. The van der Waals surface area contributed by atoms with Crippen LogP contribution >= 0.6 is 0 Å². The quantitative estimate of drug-likeness (QED) is 0.216. The number of ether oxygens (including phenoxy) is 2. The SMILES string of the molecule is C=CC(=O)N1CCN(c2ccc3ncnc(Nc4cc(C)c(Oc5ccc6c(c5)ncn6C(C)C)cc4OC)c3n2)C[C@H]1C. The minimum atomic E-state index is -0.0522. The van der Waals surface area contributed by atoms with Crippen LogP contribution in [0.3, 0.4) is 0 Å². The molecule has 1 N–H and O–H groups in total. The van der Waals surface area contributed by atoms with Gasteiger partial charge in [-0.2, -0.15) is 0 Å². The van der Waals surface area contributed by atoms with Crippen molar-refractivity contribution >= 4 is 45.3 Å². The van der Waals surface area contributed by atoms with E-state index in [2.05, 4.69) is 50.2 Å². The van der Waals surface area contributed by atoms with Crippen LogP contribution < -0.4 is 19.7 Å². The maximum absolute atomic E-state index is 12.2. The zero-order valence-electron chi connectivity index (χ0n) is 25.6. The van der Waals surface area contributed by atoms with E-state index in [-0.39, 0.29) is 11.9 Å². The van der Waals surface area contributed by atoms with Crippen LogP contribution in [-0.4, -0.2) is 68.1 Å². The number of pyridine rings is 1. The van der Waals surface area contributed by atoms with Gasteiger partial charge in [0, 0.05) is 43.9 Å². The summed E-state index contributed by atoms with van der Waals surface area (Å²) in [6.07, 6.45) is 4.74. The van der Waals surface area contributed by atoms with Gasteiger partial charge in [-0.05, 0) is 69.7 Å². The first kappa shape index (κ1) is 28.9. The van der Waals surface area contributed by atoms with Crippen molar-refractivity contribution in [1.29, 1.82) is 0 Å². The average molecular weight is 593 g/mol. The highest BCUT2D eigenvalue weighted by Gasteiger charge is 2.27. The minimum Gasteiger partial charge on any atom is -0.494 e. The van der Waals surface area contributed by atoms with Crippen LogP contribution in [0.1, 0.15) is 32.4 Å². The standard InChI is InChI=1S/C33H36N8O3/c1-7-31(42)40-13-12-39(17-22(40)5)30-11-9-24-32(38-30)33(35-18-34-24)37-26-14-21(4)28(16-29(26)43-6)44-23-8-10-27-25(15-23)36-19-41(27)20(2)3/h7-11,14-16,18-20,22H,1,12-13,17H2,2-6H3,(H,34,35,37)/t22-/m1/s1. The first-order valence-electron chi connectivity index (χ1n) is 14.7. The third-order valence-corrected chi connectivity index (χ3v) is 7.96. The molecule has 2 aromatic carbocycles. The van der Waals surface area contributed by atoms with Crippen molar-refractivity contribution in [2.75, 3.05) is 37.0 Å². The summed E-state index contributed by atoms with van der Waals surface area (Å²) in [5, 5.41) is 3.41. The highest BCUT2D eigenvalue weighted by atomic mass is 16.5. The number of fused-ring (bicyclic) bond motifs is 2. The molecule has 11 heteroatoms. The van der Waals surface area contributed by atoms with E-state index in [1.54, 1.807) is 7.11 Å². The van der Waals surface area contributed by atoms with Crippen molar-refractivity contribution in [1.82, 2.24) is 29.4 Å². The lowest BCUT2D eigenvalue weighted by molar-refractivity contribution is -0.128. The Hall–Kier alpha value is -5.19. The lowest BCUT2D eigenvalue weighted by atomic mass is 10.1. The lowest BCUT2D eigenvalue weighted by Gasteiger charge is -2.40. The molecule has 6 rings (SSSR count). The smallest absolute Gasteiger partial charge is 0.246 e. The van der Waals surface area contributed by atoms with Crippen LogP contribution in [0.2, 0.25) is 0 Å². The van der Waals surface area contributed by atoms with E-state index in [1.165, 1.54) is 12.4 Å². The fraction of sp³-hybridized carbons (Fsp3) is 0.303. The molecule has 1 amide bonds. The predicted molar refractivity (Wildman–Crippen MR) is 172 cm³/mol. The van der Waals surface area contributed by atoms with E-state index in [9.17, 15) is 4.79 Å². The summed E-state index contributed by atoms with van der Waals surface area (Å²) in [5.74, 6) is 3.27. The molecule has 0 aliphatic carbocycles. The van der Waals surface area contributed by atoms with E-state index in [0.717, 1.165) is 28.1 Å². The number of rotatable bonds is 8. The van der Waals surface area contributed by atoms with E-state index in [1.807, 2.05) is 67.5 Å². The molecule has 0 bridgehead atoms. The highest BCUT2D eigenvalue weighted by molar-refractivity contribution is 5.89. The summed E-state index contributed by atoms with van der Waals surface area (Å²) in [5.41, 5.74) is 4.93. The normalized spacial score (nSPS) is 15.2. The maximum Gasteiger partial charge on any atom is 0.246 e.